The first-order chi connectivity index (χ1) is 7.66. The molecule has 16 heavy (non-hydrogen) atoms. The summed E-state index contributed by atoms with van der Waals surface area (Å²) in [7, 11) is 0. The fourth-order valence-electron chi connectivity index (χ4n) is 1.94. The van der Waals surface area contributed by atoms with Crippen LogP contribution in [0.3, 0.4) is 0 Å². The highest BCUT2D eigenvalue weighted by molar-refractivity contribution is 5.23. The van der Waals surface area contributed by atoms with Crippen LogP contribution in [-0.2, 0) is 0 Å². The summed E-state index contributed by atoms with van der Waals surface area (Å²) in [6.07, 6.45) is 4.49. The summed E-state index contributed by atoms with van der Waals surface area (Å²) in [4.78, 5) is 0. The van der Waals surface area contributed by atoms with Crippen molar-refractivity contribution < 1.29 is 17.9 Å². The molecule has 1 nitrogen and oxygen atoms in total. The van der Waals surface area contributed by atoms with E-state index in [2.05, 4.69) is 0 Å². The van der Waals surface area contributed by atoms with Gasteiger partial charge in [0.05, 0.1) is 12.7 Å². The Kier molecular flexibility index (Phi) is 3.36. The lowest BCUT2D eigenvalue weighted by Crippen LogP contribution is -2.08. The van der Waals surface area contributed by atoms with Crippen LogP contribution in [0.4, 0.5) is 13.2 Å². The molecule has 1 radical (unpaired) electrons. The number of hydrogen-bond donors (Lipinski definition) is 0. The van der Waals surface area contributed by atoms with Gasteiger partial charge < -0.3 is 4.74 Å². The summed E-state index contributed by atoms with van der Waals surface area (Å²) in [5.74, 6) is -3.71. The smallest absolute Gasteiger partial charge is 0.195 e. The van der Waals surface area contributed by atoms with Crippen molar-refractivity contribution in [1.29, 1.82) is 0 Å². The van der Waals surface area contributed by atoms with Crippen molar-refractivity contribution in [3.63, 3.8) is 0 Å². The van der Waals surface area contributed by atoms with E-state index < -0.39 is 17.5 Å². The lowest BCUT2D eigenvalue weighted by atomic mass is 10.1. The van der Waals surface area contributed by atoms with E-state index in [0.29, 0.717) is 12.5 Å². The van der Waals surface area contributed by atoms with Gasteiger partial charge in [-0.3, -0.25) is 0 Å². The Morgan fingerprint density at radius 1 is 1.25 bits per heavy atom. The molecule has 1 aliphatic rings. The van der Waals surface area contributed by atoms with Gasteiger partial charge in [0.2, 0.25) is 0 Å². The number of hydrogen-bond acceptors (Lipinski definition) is 1. The third-order valence-corrected chi connectivity index (χ3v) is 2.84. The van der Waals surface area contributed by atoms with Gasteiger partial charge >= 0.3 is 0 Å². The summed E-state index contributed by atoms with van der Waals surface area (Å²) in [6, 6.07) is 2.86. The fourth-order valence-corrected chi connectivity index (χ4v) is 1.94. The van der Waals surface area contributed by atoms with Crippen molar-refractivity contribution >= 4 is 0 Å². The molecule has 0 spiro atoms. The average Bonchev–Trinajstić information content (AvgIpc) is 2.75. The second-order valence-electron chi connectivity index (χ2n) is 4.07. The summed E-state index contributed by atoms with van der Waals surface area (Å²) >= 11 is 0. The van der Waals surface area contributed by atoms with E-state index in [1.54, 1.807) is 0 Å². The van der Waals surface area contributed by atoms with Crippen molar-refractivity contribution in [2.75, 3.05) is 6.61 Å². The van der Waals surface area contributed by atoms with Crippen LogP contribution < -0.4 is 4.74 Å². The van der Waals surface area contributed by atoms with E-state index in [9.17, 15) is 13.2 Å². The highest BCUT2D eigenvalue weighted by atomic mass is 19.2. The van der Waals surface area contributed by atoms with Gasteiger partial charge in [-0.25, -0.2) is 13.2 Å². The van der Waals surface area contributed by atoms with E-state index in [0.717, 1.165) is 18.9 Å². The molecule has 0 atom stereocenters. The number of rotatable bonds is 3. The van der Waals surface area contributed by atoms with Gasteiger partial charge in [-0.2, -0.15) is 0 Å². The minimum absolute atomic E-state index is 0.0664. The summed E-state index contributed by atoms with van der Waals surface area (Å²) in [6.45, 7) is 0.418. The normalized spacial score (nSPS) is 16.7. The van der Waals surface area contributed by atoms with Gasteiger partial charge in [0.25, 0.3) is 0 Å². The van der Waals surface area contributed by atoms with Gasteiger partial charge in [-0.1, -0.05) is 12.8 Å². The Balaban J connectivity index is 1.98. The maximum Gasteiger partial charge on any atom is 0.195 e. The molecule has 4 heteroatoms. The van der Waals surface area contributed by atoms with E-state index in [1.165, 1.54) is 12.8 Å². The molecule has 0 aliphatic heterocycles. The summed E-state index contributed by atoms with van der Waals surface area (Å²) in [5, 5.41) is 0. The molecule has 1 saturated carbocycles. The first kappa shape index (κ1) is 11.3. The van der Waals surface area contributed by atoms with Crippen LogP contribution in [0, 0.1) is 29.4 Å². The van der Waals surface area contributed by atoms with Crippen molar-refractivity contribution in [2.45, 2.75) is 25.7 Å². The third-order valence-electron chi connectivity index (χ3n) is 2.84. The molecule has 1 aromatic rings. The minimum Gasteiger partial charge on any atom is -0.492 e. The standard InChI is InChI=1S/C12H12F3O/c13-10-5-9(6-11(14)12(10)15)16-7-8-3-1-2-4-8/h5,8H,1-4,7H2. The predicted octanol–water partition coefficient (Wildman–Crippen LogP) is 3.47. The van der Waals surface area contributed by atoms with Crippen LogP contribution in [0.25, 0.3) is 0 Å². The molecule has 0 unspecified atom stereocenters. The first-order valence-corrected chi connectivity index (χ1v) is 5.36. The van der Waals surface area contributed by atoms with Gasteiger partial charge in [-0.15, -0.1) is 0 Å². The van der Waals surface area contributed by atoms with Crippen molar-refractivity contribution in [2.24, 2.45) is 5.92 Å². The number of halogens is 3. The zero-order chi connectivity index (χ0) is 11.5. The molecule has 0 heterocycles. The van der Waals surface area contributed by atoms with Gasteiger partial charge in [0, 0.05) is 6.07 Å². The predicted molar refractivity (Wildman–Crippen MR) is 52.6 cm³/mol. The molecule has 0 saturated heterocycles. The molecule has 0 aromatic heterocycles. The largest absolute Gasteiger partial charge is 0.492 e. The molecular formula is C12H12F3O. The molecule has 87 valence electrons. The van der Waals surface area contributed by atoms with Crippen LogP contribution in [-0.4, -0.2) is 6.61 Å². The molecular weight excluding hydrogens is 217 g/mol. The first-order valence-electron chi connectivity index (χ1n) is 5.36. The quantitative estimate of drug-likeness (QED) is 0.721. The molecule has 2 rings (SSSR count). The maximum absolute atomic E-state index is 12.8. The lowest BCUT2D eigenvalue weighted by molar-refractivity contribution is 0.248. The Labute approximate surface area is 92.2 Å². The van der Waals surface area contributed by atoms with E-state index in [-0.39, 0.29) is 5.75 Å². The van der Waals surface area contributed by atoms with E-state index >= 15 is 0 Å². The van der Waals surface area contributed by atoms with Crippen molar-refractivity contribution in [1.82, 2.24) is 0 Å². The zero-order valence-electron chi connectivity index (χ0n) is 8.73. The average molecular weight is 229 g/mol. The van der Waals surface area contributed by atoms with Crippen LogP contribution in [0.15, 0.2) is 6.07 Å². The molecule has 0 N–H and O–H groups in total. The monoisotopic (exact) mass is 229 g/mol. The summed E-state index contributed by atoms with van der Waals surface area (Å²) < 4.78 is 43.4. The molecule has 1 aromatic carbocycles. The summed E-state index contributed by atoms with van der Waals surface area (Å²) in [5.41, 5.74) is 0. The van der Waals surface area contributed by atoms with E-state index in [1.807, 2.05) is 6.07 Å². The molecule has 1 aliphatic carbocycles. The second kappa shape index (κ2) is 4.76. The van der Waals surface area contributed by atoms with Crippen LogP contribution in [0.1, 0.15) is 25.7 Å². The van der Waals surface area contributed by atoms with Crippen LogP contribution in [0.5, 0.6) is 5.75 Å². The Morgan fingerprint density at radius 2 is 1.94 bits per heavy atom. The minimum atomic E-state index is -1.51. The Hall–Kier alpha value is -1.19. The Bertz CT molecular complexity index is 350. The van der Waals surface area contributed by atoms with Crippen LogP contribution >= 0.6 is 0 Å². The molecule has 0 amide bonds. The molecule has 1 fully saturated rings. The number of ether oxygens (including phenoxy) is 1. The second-order valence-corrected chi connectivity index (χ2v) is 4.07. The highest BCUT2D eigenvalue weighted by Crippen LogP contribution is 2.26. The number of benzene rings is 1. The van der Waals surface area contributed by atoms with Crippen molar-refractivity contribution in [3.8, 4) is 5.75 Å². The maximum atomic E-state index is 12.8. The SMILES string of the molecule is Fc1[c]c(OCC2CCCC2)cc(F)c1F. The zero-order valence-corrected chi connectivity index (χ0v) is 8.73. The highest BCUT2D eigenvalue weighted by Gasteiger charge is 2.17. The third kappa shape index (κ3) is 2.49. The van der Waals surface area contributed by atoms with Crippen molar-refractivity contribution in [3.05, 3.63) is 29.6 Å². The van der Waals surface area contributed by atoms with Gasteiger partial charge in [-0.05, 0) is 18.8 Å². The van der Waals surface area contributed by atoms with Crippen LogP contribution in [0.2, 0.25) is 0 Å². The molecule has 0 bridgehead atoms. The topological polar surface area (TPSA) is 9.23 Å². The van der Waals surface area contributed by atoms with E-state index in [4.69, 9.17) is 4.74 Å². The lowest BCUT2D eigenvalue weighted by Gasteiger charge is -2.11. The van der Waals surface area contributed by atoms with Gasteiger partial charge in [0.15, 0.2) is 17.5 Å². The fraction of sp³-hybridized carbons (Fsp3) is 0.500. The Morgan fingerprint density at radius 3 is 2.56 bits per heavy atom. The van der Waals surface area contributed by atoms with Gasteiger partial charge in [0.1, 0.15) is 5.75 Å².